The van der Waals surface area contributed by atoms with Gasteiger partial charge in [0.25, 0.3) is 0 Å². The van der Waals surface area contributed by atoms with E-state index >= 15 is 0 Å². The zero-order chi connectivity index (χ0) is 16.8. The summed E-state index contributed by atoms with van der Waals surface area (Å²) in [6, 6.07) is 8.13. The van der Waals surface area contributed by atoms with E-state index in [9.17, 15) is 22.8 Å². The number of esters is 2. The van der Waals surface area contributed by atoms with Crippen molar-refractivity contribution < 1.29 is 32.6 Å². The average Bonchev–Trinajstić information content (AvgIpc) is 2.81. The number of carboxylic acid groups (broad SMARTS) is 1. The highest BCUT2D eigenvalue weighted by Gasteiger charge is 2.31. The Morgan fingerprint density at radius 1 is 0.870 bits per heavy atom. The number of ether oxygens (including phenoxy) is 1. The number of carboxylic acids is 1. The number of aromatic carboxylic acids is 1. The summed E-state index contributed by atoms with van der Waals surface area (Å²) in [5.41, 5.74) is -0.152. The van der Waals surface area contributed by atoms with Gasteiger partial charge in [-0.3, -0.25) is 0 Å². The van der Waals surface area contributed by atoms with Gasteiger partial charge in [0.15, 0.2) is 0 Å². The lowest BCUT2D eigenvalue weighted by Crippen LogP contribution is -2.05. The van der Waals surface area contributed by atoms with Crippen LogP contribution < -0.4 is 0 Å². The predicted octanol–water partition coefficient (Wildman–Crippen LogP) is 1.53. The molecule has 0 aromatic heterocycles. The monoisotopic (exact) mass is 332 g/mol. The van der Waals surface area contributed by atoms with Crippen molar-refractivity contribution in [2.45, 2.75) is 9.79 Å². The van der Waals surface area contributed by atoms with Crippen molar-refractivity contribution in [3.05, 3.63) is 59.2 Å². The molecule has 0 saturated carbocycles. The number of benzene rings is 2. The highest BCUT2D eigenvalue weighted by molar-refractivity contribution is 7.91. The highest BCUT2D eigenvalue weighted by Crippen LogP contribution is 2.27. The molecule has 2 aromatic rings. The standard InChI is InChI=1S/C15H8O7S/c16-13(17)8-1-3-9(4-2-8)23(20,21)10-5-6-11-12(7-10)15(19)22-14(11)18/h1-7H,(H,16,17). The molecular formula is C15H8O7S. The second-order valence-corrected chi connectivity index (χ2v) is 6.67. The van der Waals surface area contributed by atoms with Crippen LogP contribution in [0, 0.1) is 0 Å². The van der Waals surface area contributed by atoms with Gasteiger partial charge in [0.1, 0.15) is 0 Å². The molecule has 7 nitrogen and oxygen atoms in total. The molecule has 1 aliphatic rings. The third-order valence-corrected chi connectivity index (χ3v) is 5.11. The molecule has 0 unspecified atom stereocenters. The second-order valence-electron chi connectivity index (χ2n) is 4.72. The maximum Gasteiger partial charge on any atom is 0.346 e. The normalized spacial score (nSPS) is 13.6. The Kier molecular flexibility index (Phi) is 3.26. The van der Waals surface area contributed by atoms with Gasteiger partial charge in [-0.05, 0) is 42.5 Å². The van der Waals surface area contributed by atoms with Gasteiger partial charge in [0, 0.05) is 0 Å². The number of rotatable bonds is 3. The van der Waals surface area contributed by atoms with E-state index < -0.39 is 27.7 Å². The molecule has 0 spiro atoms. The van der Waals surface area contributed by atoms with E-state index in [0.717, 1.165) is 18.2 Å². The third kappa shape index (κ3) is 2.38. The van der Waals surface area contributed by atoms with Crippen molar-refractivity contribution >= 4 is 27.7 Å². The van der Waals surface area contributed by atoms with Crippen LogP contribution in [0.1, 0.15) is 31.1 Å². The summed E-state index contributed by atoms with van der Waals surface area (Å²) in [5.74, 6) is -2.89. The molecule has 8 heteroatoms. The first-order valence-electron chi connectivity index (χ1n) is 6.30. The first-order chi connectivity index (χ1) is 10.8. The van der Waals surface area contributed by atoms with E-state index in [1.54, 1.807) is 0 Å². The Bertz CT molecular complexity index is 956. The molecule has 3 rings (SSSR count). The van der Waals surface area contributed by atoms with E-state index in [1.807, 2.05) is 0 Å². The van der Waals surface area contributed by atoms with E-state index in [2.05, 4.69) is 4.74 Å². The van der Waals surface area contributed by atoms with Gasteiger partial charge in [-0.15, -0.1) is 0 Å². The van der Waals surface area contributed by atoms with Crippen molar-refractivity contribution in [1.29, 1.82) is 0 Å². The van der Waals surface area contributed by atoms with E-state index in [1.165, 1.54) is 24.3 Å². The number of cyclic esters (lactones) is 2. The minimum Gasteiger partial charge on any atom is -0.478 e. The Labute approximate surface area is 130 Å². The van der Waals surface area contributed by atoms with Gasteiger partial charge in [-0.25, -0.2) is 22.8 Å². The van der Waals surface area contributed by atoms with Crippen molar-refractivity contribution in [2.24, 2.45) is 0 Å². The maximum atomic E-state index is 12.5. The average molecular weight is 332 g/mol. The number of hydrogen-bond donors (Lipinski definition) is 1. The van der Waals surface area contributed by atoms with Gasteiger partial charge in [0.05, 0.1) is 26.5 Å². The maximum absolute atomic E-state index is 12.5. The van der Waals surface area contributed by atoms with Crippen LogP contribution in [0.5, 0.6) is 0 Å². The number of sulfone groups is 1. The van der Waals surface area contributed by atoms with Crippen molar-refractivity contribution in [3.63, 3.8) is 0 Å². The van der Waals surface area contributed by atoms with Crippen LogP contribution in [0.15, 0.2) is 52.3 Å². The summed E-state index contributed by atoms with van der Waals surface area (Å²) in [6.45, 7) is 0. The Balaban J connectivity index is 2.07. The first-order valence-corrected chi connectivity index (χ1v) is 7.78. The molecule has 0 radical (unpaired) electrons. The highest BCUT2D eigenvalue weighted by atomic mass is 32.2. The summed E-state index contributed by atoms with van der Waals surface area (Å²) in [5, 5.41) is 8.82. The predicted molar refractivity (Wildman–Crippen MR) is 75.0 cm³/mol. The number of fused-ring (bicyclic) bond motifs is 1. The Morgan fingerprint density at radius 2 is 1.43 bits per heavy atom. The minimum atomic E-state index is -3.96. The molecule has 23 heavy (non-hydrogen) atoms. The van der Waals surface area contributed by atoms with Gasteiger partial charge in [-0.2, -0.15) is 0 Å². The largest absolute Gasteiger partial charge is 0.478 e. The first kappa shape index (κ1) is 14.9. The van der Waals surface area contributed by atoms with Crippen LogP contribution in [0.3, 0.4) is 0 Å². The zero-order valence-corrected chi connectivity index (χ0v) is 12.2. The third-order valence-electron chi connectivity index (χ3n) is 3.34. The summed E-state index contributed by atoms with van der Waals surface area (Å²) in [7, 11) is -3.96. The van der Waals surface area contributed by atoms with Gasteiger partial charge >= 0.3 is 17.9 Å². The second kappa shape index (κ2) is 5.03. The van der Waals surface area contributed by atoms with Gasteiger partial charge < -0.3 is 9.84 Å². The number of hydrogen-bond acceptors (Lipinski definition) is 6. The molecule has 0 fully saturated rings. The van der Waals surface area contributed by atoms with Crippen molar-refractivity contribution in [3.8, 4) is 0 Å². The van der Waals surface area contributed by atoms with Crippen LogP contribution >= 0.6 is 0 Å². The molecule has 1 aliphatic heterocycles. The molecule has 0 bridgehead atoms. The van der Waals surface area contributed by atoms with Gasteiger partial charge in [0.2, 0.25) is 9.84 Å². The Morgan fingerprint density at radius 3 is 2.04 bits per heavy atom. The topological polar surface area (TPSA) is 115 Å². The van der Waals surface area contributed by atoms with Crippen molar-refractivity contribution in [1.82, 2.24) is 0 Å². The smallest absolute Gasteiger partial charge is 0.346 e. The van der Waals surface area contributed by atoms with Crippen LogP contribution in [0.4, 0.5) is 0 Å². The van der Waals surface area contributed by atoms with E-state index in [4.69, 9.17) is 5.11 Å². The fraction of sp³-hybridized carbons (Fsp3) is 0. The molecule has 1 heterocycles. The number of carbonyl (C=O) groups excluding carboxylic acids is 2. The van der Waals surface area contributed by atoms with Crippen LogP contribution in [0.25, 0.3) is 0 Å². The summed E-state index contributed by atoms with van der Waals surface area (Å²) in [4.78, 5) is 33.3. The van der Waals surface area contributed by atoms with Crippen LogP contribution in [-0.2, 0) is 14.6 Å². The molecular weight excluding hydrogens is 324 g/mol. The molecule has 0 amide bonds. The molecule has 116 valence electrons. The molecule has 1 N–H and O–H groups in total. The Hall–Kier alpha value is -3.00. The SMILES string of the molecule is O=C(O)c1ccc(S(=O)(=O)c2ccc3c(c2)C(=O)OC3=O)cc1. The quantitative estimate of drug-likeness (QED) is 0.669. The van der Waals surface area contributed by atoms with Crippen LogP contribution in [0.2, 0.25) is 0 Å². The molecule has 0 atom stereocenters. The summed E-state index contributed by atoms with van der Waals surface area (Å²) < 4.78 is 29.4. The lowest BCUT2D eigenvalue weighted by molar-refractivity contribution is 0.0443. The lowest BCUT2D eigenvalue weighted by Gasteiger charge is -2.06. The fourth-order valence-corrected chi connectivity index (χ4v) is 3.43. The summed E-state index contributed by atoms with van der Waals surface area (Å²) >= 11 is 0. The van der Waals surface area contributed by atoms with Crippen LogP contribution in [-0.4, -0.2) is 31.4 Å². The zero-order valence-electron chi connectivity index (χ0n) is 11.3. The minimum absolute atomic E-state index is 0.00942. The number of carbonyl (C=O) groups is 3. The molecule has 2 aromatic carbocycles. The van der Waals surface area contributed by atoms with E-state index in [-0.39, 0.29) is 26.5 Å². The van der Waals surface area contributed by atoms with Gasteiger partial charge in [-0.1, -0.05) is 0 Å². The molecule has 0 aliphatic carbocycles. The molecule has 0 saturated heterocycles. The lowest BCUT2D eigenvalue weighted by atomic mass is 10.1. The van der Waals surface area contributed by atoms with E-state index in [0.29, 0.717) is 0 Å². The summed E-state index contributed by atoms with van der Waals surface area (Å²) in [6.07, 6.45) is 0. The fourth-order valence-electron chi connectivity index (χ4n) is 2.14. The van der Waals surface area contributed by atoms with Crippen molar-refractivity contribution in [2.75, 3.05) is 0 Å².